The molecule has 0 atom stereocenters. The van der Waals surface area contributed by atoms with Crippen molar-refractivity contribution in [2.75, 3.05) is 32.7 Å². The number of carbonyl (C=O) groups excluding carboxylic acids is 1. The largest absolute Gasteiger partial charge is 0.336 e. The minimum Gasteiger partial charge on any atom is -0.336 e. The first-order valence-electron chi connectivity index (χ1n) is 12.4. The van der Waals surface area contributed by atoms with Gasteiger partial charge in [0.05, 0.1) is 16.5 Å². The zero-order valence-corrected chi connectivity index (χ0v) is 23.6. The van der Waals surface area contributed by atoms with Gasteiger partial charge in [-0.15, -0.1) is 0 Å². The number of amides is 1. The monoisotopic (exact) mass is 605 g/mol. The predicted octanol–water partition coefficient (Wildman–Crippen LogP) is 5.21. The van der Waals surface area contributed by atoms with Crippen LogP contribution >= 0.6 is 15.9 Å². The molecule has 10 heteroatoms. The summed E-state index contributed by atoms with van der Waals surface area (Å²) in [6.07, 6.45) is 0. The van der Waals surface area contributed by atoms with Gasteiger partial charge in [-0.05, 0) is 75.4 Å². The maximum Gasteiger partial charge on any atom is 0.255 e. The van der Waals surface area contributed by atoms with Crippen molar-refractivity contribution in [3.63, 3.8) is 0 Å². The summed E-state index contributed by atoms with van der Waals surface area (Å²) in [5.74, 6) is -0.795. The summed E-state index contributed by atoms with van der Waals surface area (Å²) in [6.45, 7) is 5.99. The number of rotatable bonds is 8. The van der Waals surface area contributed by atoms with Gasteiger partial charge in [0.25, 0.3) is 5.91 Å². The molecule has 1 fully saturated rings. The van der Waals surface area contributed by atoms with E-state index in [9.17, 15) is 22.0 Å². The van der Waals surface area contributed by atoms with Crippen LogP contribution in [0.1, 0.15) is 41.4 Å². The Hall–Kier alpha value is -2.66. The van der Waals surface area contributed by atoms with Crippen molar-refractivity contribution in [1.82, 2.24) is 14.5 Å². The smallest absolute Gasteiger partial charge is 0.255 e. The molecule has 202 valence electrons. The van der Waals surface area contributed by atoms with Crippen LogP contribution in [0, 0.1) is 17.6 Å². The van der Waals surface area contributed by atoms with E-state index in [4.69, 9.17) is 0 Å². The highest BCUT2D eigenvalue weighted by molar-refractivity contribution is 9.10. The molecule has 0 bridgehead atoms. The van der Waals surface area contributed by atoms with E-state index < -0.39 is 10.0 Å². The van der Waals surface area contributed by atoms with Gasteiger partial charge >= 0.3 is 0 Å². The molecule has 1 aliphatic rings. The molecular weight excluding hydrogens is 576 g/mol. The van der Waals surface area contributed by atoms with Crippen LogP contribution in [0.2, 0.25) is 0 Å². The Balaban J connectivity index is 1.52. The summed E-state index contributed by atoms with van der Waals surface area (Å²) in [4.78, 5) is 17.3. The molecule has 0 unspecified atom stereocenters. The third-order valence-electron chi connectivity index (χ3n) is 6.50. The molecule has 1 amide bonds. The average Bonchev–Trinajstić information content (AvgIpc) is 2.90. The maximum absolute atomic E-state index is 13.6. The predicted molar refractivity (Wildman–Crippen MR) is 146 cm³/mol. The fourth-order valence-electron chi connectivity index (χ4n) is 4.45. The lowest BCUT2D eigenvalue weighted by Gasteiger charge is -2.40. The van der Waals surface area contributed by atoms with Crippen molar-refractivity contribution in [3.05, 3.63) is 99.5 Å². The lowest BCUT2D eigenvalue weighted by atomic mass is 9.96. The molecule has 3 aromatic rings. The Morgan fingerprint density at radius 1 is 0.895 bits per heavy atom. The Morgan fingerprint density at radius 3 is 1.92 bits per heavy atom. The second-order valence-electron chi connectivity index (χ2n) is 9.72. The van der Waals surface area contributed by atoms with E-state index in [-0.39, 0.29) is 40.0 Å². The first-order valence-corrected chi connectivity index (χ1v) is 14.7. The molecule has 1 aliphatic heterocycles. The zero-order valence-electron chi connectivity index (χ0n) is 21.2. The van der Waals surface area contributed by atoms with Crippen LogP contribution < -0.4 is 4.72 Å². The first-order chi connectivity index (χ1) is 18.0. The second kappa shape index (κ2) is 12.0. The number of nitrogens with one attached hydrogen (secondary N) is 1. The average molecular weight is 607 g/mol. The number of hydrogen-bond acceptors (Lipinski definition) is 4. The molecular formula is C28H30BrF2N3O3S. The Morgan fingerprint density at radius 2 is 1.42 bits per heavy atom. The highest BCUT2D eigenvalue weighted by Crippen LogP contribution is 2.31. The minimum absolute atomic E-state index is 0.0380. The number of piperazine rings is 1. The third kappa shape index (κ3) is 6.66. The van der Waals surface area contributed by atoms with Crippen molar-refractivity contribution < 1.29 is 22.0 Å². The molecule has 1 saturated heterocycles. The van der Waals surface area contributed by atoms with Crippen LogP contribution in [-0.2, 0) is 10.0 Å². The second-order valence-corrected chi connectivity index (χ2v) is 12.3. The summed E-state index contributed by atoms with van der Waals surface area (Å²) in [5, 5.41) is 0. The summed E-state index contributed by atoms with van der Waals surface area (Å²) in [7, 11) is -3.75. The Bertz CT molecular complexity index is 1330. The summed E-state index contributed by atoms with van der Waals surface area (Å²) in [6, 6.07) is 16.7. The maximum atomic E-state index is 13.6. The van der Waals surface area contributed by atoms with Gasteiger partial charge in [0.15, 0.2) is 0 Å². The van der Waals surface area contributed by atoms with Crippen LogP contribution in [0.5, 0.6) is 0 Å². The van der Waals surface area contributed by atoms with E-state index in [1.54, 1.807) is 35.2 Å². The molecule has 0 saturated carbocycles. The van der Waals surface area contributed by atoms with Crippen LogP contribution in [0.3, 0.4) is 0 Å². The van der Waals surface area contributed by atoms with Gasteiger partial charge in [0, 0.05) is 37.2 Å². The number of carbonyl (C=O) groups is 1. The lowest BCUT2D eigenvalue weighted by Crippen LogP contribution is -2.50. The van der Waals surface area contributed by atoms with Gasteiger partial charge in [0.1, 0.15) is 11.6 Å². The normalized spacial score (nSPS) is 14.9. The van der Waals surface area contributed by atoms with Crippen molar-refractivity contribution in [2.45, 2.75) is 24.8 Å². The van der Waals surface area contributed by atoms with Gasteiger partial charge in [-0.3, -0.25) is 9.69 Å². The molecule has 0 aliphatic carbocycles. The minimum atomic E-state index is -3.75. The third-order valence-corrected chi connectivity index (χ3v) is 8.61. The number of nitrogens with zero attached hydrogens (tertiary/aromatic N) is 2. The molecule has 1 heterocycles. The SMILES string of the molecule is CC(C)CNS(=O)(=O)c1ccc(Br)c(C(=O)N2CCN(C(c3ccc(F)cc3)c3ccc(F)cc3)CC2)c1. The van der Waals surface area contributed by atoms with Crippen LogP contribution in [-0.4, -0.2) is 56.8 Å². The summed E-state index contributed by atoms with van der Waals surface area (Å²) >= 11 is 3.40. The fraction of sp³-hybridized carbons (Fsp3) is 0.321. The quantitative estimate of drug-likeness (QED) is 0.383. The van der Waals surface area contributed by atoms with Gasteiger partial charge < -0.3 is 4.90 Å². The standard InChI is InChI=1S/C28H30BrF2N3O3S/c1-19(2)18-32-38(36,37)24-11-12-26(29)25(17-24)28(35)34-15-13-33(14-16-34)27(20-3-7-22(30)8-4-20)21-5-9-23(31)10-6-21/h3-12,17,19,27,32H,13-16,18H2,1-2H3. The summed E-state index contributed by atoms with van der Waals surface area (Å²) < 4.78 is 55.8. The molecule has 1 N–H and O–H groups in total. The van der Waals surface area contributed by atoms with Crippen LogP contribution in [0.15, 0.2) is 76.1 Å². The van der Waals surface area contributed by atoms with E-state index in [1.165, 1.54) is 36.4 Å². The Kier molecular flexibility index (Phi) is 8.97. The molecule has 6 nitrogen and oxygen atoms in total. The van der Waals surface area contributed by atoms with E-state index in [2.05, 4.69) is 25.6 Å². The van der Waals surface area contributed by atoms with Crippen molar-refractivity contribution in [3.8, 4) is 0 Å². The van der Waals surface area contributed by atoms with E-state index in [0.29, 0.717) is 37.2 Å². The summed E-state index contributed by atoms with van der Waals surface area (Å²) in [5.41, 5.74) is 2.01. The fourth-order valence-corrected chi connectivity index (χ4v) is 6.11. The van der Waals surface area contributed by atoms with E-state index in [0.717, 1.165) is 11.1 Å². The zero-order chi connectivity index (χ0) is 27.4. The molecule has 0 aromatic heterocycles. The number of sulfonamides is 1. The van der Waals surface area contributed by atoms with Crippen LogP contribution in [0.4, 0.5) is 8.78 Å². The molecule has 3 aromatic carbocycles. The van der Waals surface area contributed by atoms with E-state index in [1.807, 2.05) is 13.8 Å². The molecule has 0 spiro atoms. The Labute approximate surface area is 230 Å². The van der Waals surface area contributed by atoms with Gasteiger partial charge in [-0.1, -0.05) is 38.1 Å². The lowest BCUT2D eigenvalue weighted by molar-refractivity contribution is 0.0596. The van der Waals surface area contributed by atoms with Crippen molar-refractivity contribution in [1.29, 1.82) is 0 Å². The van der Waals surface area contributed by atoms with Crippen LogP contribution in [0.25, 0.3) is 0 Å². The topological polar surface area (TPSA) is 69.7 Å². The van der Waals surface area contributed by atoms with Gasteiger partial charge in [-0.2, -0.15) is 0 Å². The number of halogens is 3. The highest BCUT2D eigenvalue weighted by Gasteiger charge is 2.30. The molecule has 38 heavy (non-hydrogen) atoms. The molecule has 0 radical (unpaired) electrons. The van der Waals surface area contributed by atoms with Gasteiger partial charge in [-0.25, -0.2) is 21.9 Å². The van der Waals surface area contributed by atoms with Gasteiger partial charge in [0.2, 0.25) is 10.0 Å². The van der Waals surface area contributed by atoms with Crippen molar-refractivity contribution >= 4 is 31.9 Å². The number of hydrogen-bond donors (Lipinski definition) is 1. The highest BCUT2D eigenvalue weighted by atomic mass is 79.9. The number of benzene rings is 3. The van der Waals surface area contributed by atoms with E-state index >= 15 is 0 Å². The molecule has 4 rings (SSSR count). The first kappa shape index (κ1) is 28.4. The van der Waals surface area contributed by atoms with Crippen molar-refractivity contribution in [2.24, 2.45) is 5.92 Å².